The highest BCUT2D eigenvalue weighted by atomic mass is 32.1. The summed E-state index contributed by atoms with van der Waals surface area (Å²) in [5.41, 5.74) is 5.99. The Bertz CT molecular complexity index is 943. The number of nitrogens with zero attached hydrogens (tertiary/aromatic N) is 5. The Balaban J connectivity index is 1.40. The van der Waals surface area contributed by atoms with Crippen LogP contribution in [0.1, 0.15) is 38.9 Å². The van der Waals surface area contributed by atoms with Crippen molar-refractivity contribution in [1.82, 2.24) is 25.0 Å². The van der Waals surface area contributed by atoms with Crippen LogP contribution in [0.25, 0.3) is 11.3 Å². The van der Waals surface area contributed by atoms with E-state index in [2.05, 4.69) is 20.1 Å². The van der Waals surface area contributed by atoms with Crippen LogP contribution in [-0.2, 0) is 6.42 Å². The molecule has 0 radical (unpaired) electrons. The van der Waals surface area contributed by atoms with Gasteiger partial charge in [-0.1, -0.05) is 5.16 Å². The maximum Gasteiger partial charge on any atom is 0.265 e. The minimum absolute atomic E-state index is 0.0948. The highest BCUT2D eigenvalue weighted by Gasteiger charge is 2.29. The second-order valence-corrected chi connectivity index (χ2v) is 7.82. The zero-order valence-electron chi connectivity index (χ0n) is 15.6. The van der Waals surface area contributed by atoms with Crippen molar-refractivity contribution in [2.24, 2.45) is 5.92 Å². The predicted octanol–water partition coefficient (Wildman–Crippen LogP) is 3.22. The van der Waals surface area contributed by atoms with Crippen molar-refractivity contribution in [3.8, 4) is 11.3 Å². The number of amides is 1. The van der Waals surface area contributed by atoms with Gasteiger partial charge >= 0.3 is 0 Å². The smallest absolute Gasteiger partial charge is 0.265 e. The minimum atomic E-state index is 0.0948. The van der Waals surface area contributed by atoms with E-state index in [1.807, 2.05) is 31.9 Å². The van der Waals surface area contributed by atoms with E-state index < -0.39 is 0 Å². The van der Waals surface area contributed by atoms with E-state index in [0.717, 1.165) is 64.9 Å². The molecule has 1 fully saturated rings. The fourth-order valence-electron chi connectivity index (χ4n) is 3.57. The van der Waals surface area contributed by atoms with Crippen molar-refractivity contribution in [3.63, 3.8) is 0 Å². The van der Waals surface area contributed by atoms with Gasteiger partial charge in [0.05, 0.1) is 40.0 Å². The number of aromatic nitrogens is 4. The molecular formula is C19H21N5O2S. The summed E-state index contributed by atoms with van der Waals surface area (Å²) in [6, 6.07) is 0. The summed E-state index contributed by atoms with van der Waals surface area (Å²) in [7, 11) is 0. The van der Waals surface area contributed by atoms with E-state index in [9.17, 15) is 4.79 Å². The van der Waals surface area contributed by atoms with Crippen molar-refractivity contribution in [3.05, 3.63) is 45.6 Å². The lowest BCUT2D eigenvalue weighted by molar-refractivity contribution is 0.0791. The summed E-state index contributed by atoms with van der Waals surface area (Å²) < 4.78 is 5.20. The van der Waals surface area contributed by atoms with E-state index in [4.69, 9.17) is 4.52 Å². The largest absolute Gasteiger partial charge is 0.361 e. The third-order valence-electron chi connectivity index (χ3n) is 5.01. The zero-order valence-corrected chi connectivity index (χ0v) is 16.4. The van der Waals surface area contributed by atoms with Gasteiger partial charge in [0.15, 0.2) is 0 Å². The molecule has 1 amide bonds. The highest BCUT2D eigenvalue weighted by molar-refractivity contribution is 7.11. The molecule has 27 heavy (non-hydrogen) atoms. The molecule has 4 heterocycles. The van der Waals surface area contributed by atoms with Gasteiger partial charge in [-0.25, -0.2) is 4.98 Å². The topological polar surface area (TPSA) is 85.0 Å². The molecule has 0 bridgehead atoms. The normalized spacial score (nSPS) is 16.9. The maximum absolute atomic E-state index is 12.6. The number of carbonyl (C=O) groups excluding carboxylic acids is 1. The van der Waals surface area contributed by atoms with E-state index >= 15 is 0 Å². The fourth-order valence-corrected chi connectivity index (χ4v) is 4.34. The number of hydrogen-bond donors (Lipinski definition) is 0. The van der Waals surface area contributed by atoms with Crippen molar-refractivity contribution in [2.45, 2.75) is 33.6 Å². The third kappa shape index (κ3) is 3.49. The Hall–Kier alpha value is -2.61. The van der Waals surface area contributed by atoms with Gasteiger partial charge < -0.3 is 9.42 Å². The number of likely N-dealkylation sites (tertiary alicyclic amines) is 1. The SMILES string of the molecule is Cc1ncsc1C(=O)N1CC[C@@H](Cc2cnc(-c3c(C)noc3C)cn2)C1. The molecule has 7 nitrogen and oxygen atoms in total. The molecule has 0 spiro atoms. The minimum Gasteiger partial charge on any atom is -0.361 e. The van der Waals surface area contributed by atoms with Crippen LogP contribution < -0.4 is 0 Å². The molecular weight excluding hydrogens is 362 g/mol. The van der Waals surface area contributed by atoms with Crippen LogP contribution in [0, 0.1) is 26.7 Å². The summed E-state index contributed by atoms with van der Waals surface area (Å²) in [4.78, 5) is 28.6. The monoisotopic (exact) mass is 383 g/mol. The molecule has 0 aromatic carbocycles. The standard InChI is InChI=1S/C19H21N5O2S/c1-11-17(13(3)26-23-11)16-8-20-15(7-21-16)6-14-4-5-24(9-14)19(25)18-12(2)22-10-27-18/h7-8,10,14H,4-6,9H2,1-3H3/t14-/m0/s1. The second-order valence-electron chi connectivity index (χ2n) is 6.97. The fraction of sp³-hybridized carbons (Fsp3) is 0.421. The molecule has 4 rings (SSSR count). The van der Waals surface area contributed by atoms with Gasteiger partial charge in [0, 0.05) is 19.3 Å². The average Bonchev–Trinajstić information content (AvgIpc) is 3.37. The highest BCUT2D eigenvalue weighted by Crippen LogP contribution is 2.26. The van der Waals surface area contributed by atoms with Crippen molar-refractivity contribution in [1.29, 1.82) is 0 Å². The number of thiazole rings is 1. The van der Waals surface area contributed by atoms with Crippen molar-refractivity contribution in [2.75, 3.05) is 13.1 Å². The molecule has 0 saturated carbocycles. The molecule has 3 aromatic rings. The summed E-state index contributed by atoms with van der Waals surface area (Å²) in [5.74, 6) is 1.25. The van der Waals surface area contributed by atoms with Gasteiger partial charge in [0.2, 0.25) is 0 Å². The Kier molecular flexibility index (Phi) is 4.73. The van der Waals surface area contributed by atoms with Crippen LogP contribution in [0.5, 0.6) is 0 Å². The molecule has 1 aliphatic rings. The lowest BCUT2D eigenvalue weighted by Crippen LogP contribution is -2.28. The Morgan fingerprint density at radius 3 is 2.70 bits per heavy atom. The molecule has 0 aliphatic carbocycles. The van der Waals surface area contributed by atoms with Gasteiger partial charge in [-0.2, -0.15) is 0 Å². The average molecular weight is 383 g/mol. The molecule has 0 N–H and O–H groups in total. The van der Waals surface area contributed by atoms with Crippen LogP contribution >= 0.6 is 11.3 Å². The first-order valence-electron chi connectivity index (χ1n) is 8.96. The number of rotatable bonds is 4. The first kappa shape index (κ1) is 17.8. The van der Waals surface area contributed by atoms with Gasteiger partial charge in [-0.3, -0.25) is 14.8 Å². The zero-order chi connectivity index (χ0) is 19.0. The van der Waals surface area contributed by atoms with E-state index in [-0.39, 0.29) is 5.91 Å². The molecule has 1 saturated heterocycles. The molecule has 1 atom stereocenters. The Morgan fingerprint density at radius 2 is 2.07 bits per heavy atom. The third-order valence-corrected chi connectivity index (χ3v) is 5.92. The lowest BCUT2D eigenvalue weighted by Gasteiger charge is -2.15. The summed E-state index contributed by atoms with van der Waals surface area (Å²) in [6.45, 7) is 7.19. The first-order chi connectivity index (χ1) is 13.0. The molecule has 140 valence electrons. The molecule has 8 heteroatoms. The predicted molar refractivity (Wildman–Crippen MR) is 102 cm³/mol. The van der Waals surface area contributed by atoms with Gasteiger partial charge in [-0.15, -0.1) is 11.3 Å². The number of aryl methyl sites for hydroxylation is 3. The number of carbonyl (C=O) groups is 1. The van der Waals surface area contributed by atoms with Crippen LogP contribution in [0.3, 0.4) is 0 Å². The molecule has 3 aromatic heterocycles. The van der Waals surface area contributed by atoms with E-state index in [1.54, 1.807) is 11.7 Å². The lowest BCUT2D eigenvalue weighted by atomic mass is 10.0. The first-order valence-corrected chi connectivity index (χ1v) is 9.84. The summed E-state index contributed by atoms with van der Waals surface area (Å²) >= 11 is 1.41. The van der Waals surface area contributed by atoms with Gasteiger partial charge in [0.25, 0.3) is 5.91 Å². The summed E-state index contributed by atoms with van der Waals surface area (Å²) in [6.07, 6.45) is 5.40. The van der Waals surface area contributed by atoms with Crippen molar-refractivity contribution >= 4 is 17.2 Å². The molecule has 0 unspecified atom stereocenters. The maximum atomic E-state index is 12.6. The summed E-state index contributed by atoms with van der Waals surface area (Å²) in [5, 5.41) is 3.97. The van der Waals surface area contributed by atoms with Crippen LogP contribution in [0.4, 0.5) is 0 Å². The van der Waals surface area contributed by atoms with E-state index in [0.29, 0.717) is 5.92 Å². The van der Waals surface area contributed by atoms with Crippen LogP contribution in [0.2, 0.25) is 0 Å². The number of hydrogen-bond acceptors (Lipinski definition) is 7. The van der Waals surface area contributed by atoms with Gasteiger partial charge in [0.1, 0.15) is 10.6 Å². The Labute approximate surface area is 161 Å². The van der Waals surface area contributed by atoms with Gasteiger partial charge in [-0.05, 0) is 39.5 Å². The van der Waals surface area contributed by atoms with E-state index in [1.165, 1.54) is 11.3 Å². The van der Waals surface area contributed by atoms with Crippen LogP contribution in [-0.4, -0.2) is 44.0 Å². The quantitative estimate of drug-likeness (QED) is 0.688. The molecule has 1 aliphatic heterocycles. The Morgan fingerprint density at radius 1 is 1.22 bits per heavy atom. The van der Waals surface area contributed by atoms with Crippen LogP contribution in [0.15, 0.2) is 22.4 Å². The second kappa shape index (κ2) is 7.19. The van der Waals surface area contributed by atoms with Crippen molar-refractivity contribution < 1.29 is 9.32 Å².